The maximum Gasteiger partial charge on any atom is 0.170 e. The molecular weight excluding hydrogens is 240 g/mol. The zero-order valence-electron chi connectivity index (χ0n) is 11.8. The summed E-state index contributed by atoms with van der Waals surface area (Å²) in [5.74, 6) is 0.933. The van der Waals surface area contributed by atoms with Gasteiger partial charge in [0.2, 0.25) is 0 Å². The van der Waals surface area contributed by atoms with Gasteiger partial charge in [-0.05, 0) is 32.9 Å². The molecule has 19 heavy (non-hydrogen) atoms. The Kier molecular flexibility index (Phi) is 2.72. The lowest BCUT2D eigenvalue weighted by Gasteiger charge is -2.46. The maximum atomic E-state index is 12.4. The van der Waals surface area contributed by atoms with Crippen LogP contribution < -0.4 is 4.74 Å². The number of hydrogen-bond donors (Lipinski definition) is 0. The Bertz CT molecular complexity index is 533. The van der Waals surface area contributed by atoms with Crippen molar-refractivity contribution in [3.8, 4) is 5.75 Å². The summed E-state index contributed by atoms with van der Waals surface area (Å²) in [6.45, 7) is 6.77. The lowest BCUT2D eigenvalue weighted by Crippen LogP contribution is -2.52. The summed E-state index contributed by atoms with van der Waals surface area (Å²) in [6, 6.07) is 5.84. The molecule has 0 aromatic heterocycles. The van der Waals surface area contributed by atoms with Crippen molar-refractivity contribution in [2.75, 3.05) is 6.61 Å². The van der Waals surface area contributed by atoms with Gasteiger partial charge in [0, 0.05) is 12.8 Å². The van der Waals surface area contributed by atoms with Crippen LogP contribution >= 0.6 is 0 Å². The second-order valence-corrected chi connectivity index (χ2v) is 6.42. The van der Waals surface area contributed by atoms with Crippen LogP contribution in [0.15, 0.2) is 18.2 Å². The highest BCUT2D eigenvalue weighted by atomic mass is 16.5. The number of carbonyl (C=O) groups excluding carboxylic acids is 1. The van der Waals surface area contributed by atoms with Gasteiger partial charge in [0.15, 0.2) is 5.78 Å². The van der Waals surface area contributed by atoms with Gasteiger partial charge in [-0.2, -0.15) is 0 Å². The summed E-state index contributed by atoms with van der Waals surface area (Å²) >= 11 is 0. The van der Waals surface area contributed by atoms with Gasteiger partial charge in [0.05, 0.1) is 24.2 Å². The highest BCUT2D eigenvalue weighted by Crippen LogP contribution is 2.43. The molecule has 0 N–H and O–H groups in total. The third kappa shape index (κ3) is 2.27. The van der Waals surface area contributed by atoms with Crippen LogP contribution in [-0.2, 0) is 4.74 Å². The minimum absolute atomic E-state index is 0.197. The van der Waals surface area contributed by atoms with Gasteiger partial charge in [-0.25, -0.2) is 0 Å². The van der Waals surface area contributed by atoms with E-state index in [9.17, 15) is 4.79 Å². The quantitative estimate of drug-likeness (QED) is 0.718. The van der Waals surface area contributed by atoms with Crippen LogP contribution in [0.25, 0.3) is 0 Å². The van der Waals surface area contributed by atoms with Crippen molar-refractivity contribution >= 4 is 5.78 Å². The second kappa shape index (κ2) is 4.07. The topological polar surface area (TPSA) is 35.5 Å². The van der Waals surface area contributed by atoms with E-state index in [0.29, 0.717) is 13.0 Å². The van der Waals surface area contributed by atoms with Crippen molar-refractivity contribution in [2.24, 2.45) is 0 Å². The van der Waals surface area contributed by atoms with E-state index in [1.165, 1.54) is 0 Å². The van der Waals surface area contributed by atoms with Crippen LogP contribution in [0, 0.1) is 6.92 Å². The van der Waals surface area contributed by atoms with E-state index in [-0.39, 0.29) is 17.0 Å². The molecule has 1 atom stereocenters. The third-order valence-corrected chi connectivity index (χ3v) is 4.04. The molecule has 1 aromatic carbocycles. The Labute approximate surface area is 113 Å². The molecule has 2 aliphatic heterocycles. The van der Waals surface area contributed by atoms with Crippen molar-refractivity contribution in [3.63, 3.8) is 0 Å². The van der Waals surface area contributed by atoms with Gasteiger partial charge in [0.1, 0.15) is 11.4 Å². The minimum Gasteiger partial charge on any atom is -0.486 e. The number of ketones is 1. The van der Waals surface area contributed by atoms with Crippen molar-refractivity contribution in [1.82, 2.24) is 0 Å². The molecule has 1 aromatic rings. The first-order valence-electron chi connectivity index (χ1n) is 6.86. The van der Waals surface area contributed by atoms with Crippen molar-refractivity contribution < 1.29 is 14.3 Å². The molecule has 2 aliphatic rings. The Balaban J connectivity index is 1.96. The van der Waals surface area contributed by atoms with Gasteiger partial charge in [-0.3, -0.25) is 4.79 Å². The van der Waals surface area contributed by atoms with Crippen molar-refractivity contribution in [1.29, 1.82) is 0 Å². The van der Waals surface area contributed by atoms with Crippen molar-refractivity contribution in [2.45, 2.75) is 51.2 Å². The monoisotopic (exact) mass is 260 g/mol. The van der Waals surface area contributed by atoms with E-state index in [4.69, 9.17) is 9.47 Å². The van der Waals surface area contributed by atoms with Crippen LogP contribution in [-0.4, -0.2) is 23.6 Å². The largest absolute Gasteiger partial charge is 0.486 e. The molecule has 0 aliphatic carbocycles. The van der Waals surface area contributed by atoms with Gasteiger partial charge >= 0.3 is 0 Å². The van der Waals surface area contributed by atoms with E-state index >= 15 is 0 Å². The fraction of sp³-hybridized carbons (Fsp3) is 0.562. The molecule has 1 saturated heterocycles. The zero-order valence-corrected chi connectivity index (χ0v) is 11.8. The van der Waals surface area contributed by atoms with E-state index < -0.39 is 0 Å². The number of benzene rings is 1. The molecular formula is C16H20O3. The molecule has 3 heteroatoms. The first-order chi connectivity index (χ1) is 8.89. The fourth-order valence-corrected chi connectivity index (χ4v) is 3.27. The minimum atomic E-state index is -0.374. The number of rotatable bonds is 0. The summed E-state index contributed by atoms with van der Waals surface area (Å²) < 4.78 is 12.0. The molecule has 1 unspecified atom stereocenters. The Morgan fingerprint density at radius 1 is 1.26 bits per heavy atom. The molecule has 0 bridgehead atoms. The summed E-state index contributed by atoms with van der Waals surface area (Å²) in [7, 11) is 0. The average molecular weight is 260 g/mol. The first kappa shape index (κ1) is 12.7. The van der Waals surface area contributed by atoms with Crippen LogP contribution in [0.5, 0.6) is 5.75 Å². The molecule has 1 spiro atoms. The molecule has 0 radical (unpaired) electrons. The normalized spacial score (nSPS) is 28.9. The summed E-state index contributed by atoms with van der Waals surface area (Å²) in [6.07, 6.45) is 2.02. The number of aryl methyl sites for hydroxylation is 1. The molecule has 1 fully saturated rings. The molecule has 0 saturated carbocycles. The van der Waals surface area contributed by atoms with Crippen LogP contribution in [0.3, 0.4) is 0 Å². The van der Waals surface area contributed by atoms with E-state index in [0.717, 1.165) is 29.7 Å². The third-order valence-electron chi connectivity index (χ3n) is 4.04. The number of carbonyl (C=O) groups is 1. The van der Waals surface area contributed by atoms with Crippen molar-refractivity contribution in [3.05, 3.63) is 29.3 Å². The molecule has 0 amide bonds. The summed E-state index contributed by atoms with van der Waals surface area (Å²) in [4.78, 5) is 12.4. The van der Waals surface area contributed by atoms with E-state index in [1.807, 2.05) is 25.1 Å². The Morgan fingerprint density at radius 3 is 2.79 bits per heavy atom. The lowest BCUT2D eigenvalue weighted by atomic mass is 9.78. The smallest absolute Gasteiger partial charge is 0.170 e. The predicted molar refractivity (Wildman–Crippen MR) is 72.8 cm³/mol. The standard InChI is InChI=1S/C16H20O3/c1-11-4-5-14-12(8-11)13(17)9-16(19-14)6-7-18-15(2,3)10-16/h4-5,8H,6-7,9-10H2,1-3H3. The molecule has 3 rings (SSSR count). The van der Waals surface area contributed by atoms with Gasteiger partial charge in [0.25, 0.3) is 0 Å². The average Bonchev–Trinajstić information content (AvgIpc) is 2.29. The summed E-state index contributed by atoms with van der Waals surface area (Å²) in [5.41, 5.74) is 1.23. The zero-order chi connectivity index (χ0) is 13.7. The SMILES string of the molecule is Cc1ccc2c(c1)C(=O)CC1(CCOC(C)(C)C1)O2. The molecule has 2 heterocycles. The van der Waals surface area contributed by atoms with Crippen LogP contribution in [0.4, 0.5) is 0 Å². The lowest BCUT2D eigenvalue weighted by molar-refractivity contribution is -0.134. The Morgan fingerprint density at radius 2 is 2.05 bits per heavy atom. The van der Waals surface area contributed by atoms with Gasteiger partial charge in [-0.15, -0.1) is 0 Å². The van der Waals surface area contributed by atoms with Gasteiger partial charge < -0.3 is 9.47 Å². The summed E-state index contributed by atoms with van der Waals surface area (Å²) in [5, 5.41) is 0. The second-order valence-electron chi connectivity index (χ2n) is 6.42. The number of ether oxygens (including phenoxy) is 2. The number of hydrogen-bond acceptors (Lipinski definition) is 3. The molecule has 3 nitrogen and oxygen atoms in total. The predicted octanol–water partition coefficient (Wildman–Crippen LogP) is 3.29. The highest BCUT2D eigenvalue weighted by Gasteiger charge is 2.47. The number of Topliss-reactive ketones (excluding diaryl/α,β-unsaturated/α-hetero) is 1. The first-order valence-corrected chi connectivity index (χ1v) is 6.86. The Hall–Kier alpha value is -1.35. The number of fused-ring (bicyclic) bond motifs is 1. The highest BCUT2D eigenvalue weighted by molar-refractivity contribution is 6.00. The van der Waals surface area contributed by atoms with E-state index in [1.54, 1.807) is 0 Å². The molecule has 102 valence electrons. The van der Waals surface area contributed by atoms with Gasteiger partial charge in [-0.1, -0.05) is 11.6 Å². The van der Waals surface area contributed by atoms with Crippen LogP contribution in [0.2, 0.25) is 0 Å². The van der Waals surface area contributed by atoms with Crippen LogP contribution in [0.1, 0.15) is 49.0 Å². The van der Waals surface area contributed by atoms with E-state index in [2.05, 4.69) is 13.8 Å². The maximum absolute atomic E-state index is 12.4. The fourth-order valence-electron chi connectivity index (χ4n) is 3.27.